The molecule has 0 fully saturated rings. The van der Waals surface area contributed by atoms with Crippen LogP contribution in [0.3, 0.4) is 0 Å². The van der Waals surface area contributed by atoms with Gasteiger partial charge in [-0.25, -0.2) is 0 Å². The maximum atomic E-state index is 11.7. The summed E-state index contributed by atoms with van der Waals surface area (Å²) in [5.74, 6) is -0.193. The third-order valence-electron chi connectivity index (χ3n) is 2.44. The summed E-state index contributed by atoms with van der Waals surface area (Å²) in [6.45, 7) is 1.63. The number of rotatable bonds is 5. The van der Waals surface area contributed by atoms with Crippen LogP contribution in [-0.4, -0.2) is 49.7 Å². The third kappa shape index (κ3) is 4.87. The van der Waals surface area contributed by atoms with Crippen molar-refractivity contribution in [2.24, 2.45) is 0 Å². The molecule has 0 atom stereocenters. The molecule has 17 heavy (non-hydrogen) atoms. The van der Waals surface area contributed by atoms with E-state index in [4.69, 9.17) is 0 Å². The number of nitrogens with zero attached hydrogens (tertiary/aromatic N) is 1. The molecule has 4 heteroatoms. The summed E-state index contributed by atoms with van der Waals surface area (Å²) in [7, 11) is 6.35. The summed E-state index contributed by atoms with van der Waals surface area (Å²) >= 11 is 0. The lowest BCUT2D eigenvalue weighted by molar-refractivity contribution is -0.870. The zero-order chi connectivity index (χ0) is 12.9. The average molecular weight is 237 g/mol. The molecule has 0 spiro atoms. The number of phenols is 1. The van der Waals surface area contributed by atoms with Crippen LogP contribution in [0.5, 0.6) is 5.75 Å². The number of carbonyl (C=O) groups excluding carboxylic acids is 1. The number of hydrogen-bond acceptors (Lipinski definition) is 2. The third-order valence-corrected chi connectivity index (χ3v) is 2.44. The molecule has 0 aliphatic heterocycles. The van der Waals surface area contributed by atoms with Gasteiger partial charge in [-0.15, -0.1) is 0 Å². The molecule has 0 bridgehead atoms. The molecule has 0 saturated heterocycles. The highest BCUT2D eigenvalue weighted by molar-refractivity contribution is 5.96. The van der Waals surface area contributed by atoms with Crippen LogP contribution in [0.4, 0.5) is 0 Å². The Bertz CT molecular complexity index is 383. The second-order valence-corrected chi connectivity index (χ2v) is 5.14. The quantitative estimate of drug-likeness (QED) is 0.597. The summed E-state index contributed by atoms with van der Waals surface area (Å²) in [6, 6.07) is 6.56. The molecule has 0 heterocycles. The molecular weight excluding hydrogens is 216 g/mol. The summed E-state index contributed by atoms with van der Waals surface area (Å²) in [5.41, 5.74) is 0.331. The summed E-state index contributed by atoms with van der Waals surface area (Å²) in [4.78, 5) is 11.7. The van der Waals surface area contributed by atoms with E-state index < -0.39 is 0 Å². The van der Waals surface area contributed by atoms with E-state index in [2.05, 4.69) is 26.5 Å². The molecular formula is C13H21N2O2+. The molecule has 0 saturated carbocycles. The predicted octanol–water partition coefficient (Wildman–Crippen LogP) is 1.22. The maximum absolute atomic E-state index is 11.7. The van der Waals surface area contributed by atoms with Gasteiger partial charge in [0.1, 0.15) is 5.75 Å². The number of aromatic hydroxyl groups is 1. The minimum absolute atomic E-state index is 0.0246. The molecule has 0 unspecified atom stereocenters. The highest BCUT2D eigenvalue weighted by Crippen LogP contribution is 2.14. The van der Waals surface area contributed by atoms with Gasteiger partial charge in [0.15, 0.2) is 0 Å². The molecule has 94 valence electrons. The van der Waals surface area contributed by atoms with E-state index >= 15 is 0 Å². The largest absolute Gasteiger partial charge is 0.507 e. The van der Waals surface area contributed by atoms with Gasteiger partial charge in [-0.1, -0.05) is 12.1 Å². The topological polar surface area (TPSA) is 49.3 Å². The molecule has 1 aromatic rings. The van der Waals surface area contributed by atoms with Crippen molar-refractivity contribution in [3.05, 3.63) is 29.8 Å². The van der Waals surface area contributed by atoms with E-state index in [1.165, 1.54) is 6.07 Å². The number of nitrogens with one attached hydrogen (secondary N) is 1. The summed E-state index contributed by atoms with van der Waals surface area (Å²) in [5, 5.41) is 12.3. The van der Waals surface area contributed by atoms with Crippen molar-refractivity contribution in [3.63, 3.8) is 0 Å². The number of benzene rings is 1. The van der Waals surface area contributed by atoms with Gasteiger partial charge < -0.3 is 14.9 Å². The Morgan fingerprint density at radius 3 is 2.53 bits per heavy atom. The van der Waals surface area contributed by atoms with Gasteiger partial charge >= 0.3 is 0 Å². The first kappa shape index (κ1) is 13.5. The SMILES string of the molecule is C[N+](C)(C)CCCNC(=O)c1ccccc1O. The fourth-order valence-corrected chi connectivity index (χ4v) is 1.52. The van der Waals surface area contributed by atoms with Crippen molar-refractivity contribution in [3.8, 4) is 5.75 Å². The first-order valence-electron chi connectivity index (χ1n) is 5.77. The van der Waals surface area contributed by atoms with Gasteiger partial charge in [0.05, 0.1) is 33.3 Å². The van der Waals surface area contributed by atoms with Crippen LogP contribution in [0.25, 0.3) is 0 Å². The van der Waals surface area contributed by atoms with E-state index in [0.29, 0.717) is 12.1 Å². The number of hydrogen-bond donors (Lipinski definition) is 2. The van der Waals surface area contributed by atoms with Crippen molar-refractivity contribution in [2.75, 3.05) is 34.2 Å². The molecule has 1 rings (SSSR count). The Hall–Kier alpha value is -1.55. The van der Waals surface area contributed by atoms with Crippen LogP contribution in [0, 0.1) is 0 Å². The van der Waals surface area contributed by atoms with Crippen LogP contribution in [0.15, 0.2) is 24.3 Å². The van der Waals surface area contributed by atoms with Crippen LogP contribution < -0.4 is 5.32 Å². The summed E-state index contributed by atoms with van der Waals surface area (Å²) < 4.78 is 0.881. The number of amides is 1. The van der Waals surface area contributed by atoms with Gasteiger partial charge in [0.25, 0.3) is 5.91 Å². The van der Waals surface area contributed by atoms with E-state index in [-0.39, 0.29) is 11.7 Å². The van der Waals surface area contributed by atoms with Gasteiger partial charge in [-0.05, 0) is 12.1 Å². The number of carbonyl (C=O) groups is 1. The lowest BCUT2D eigenvalue weighted by Crippen LogP contribution is -2.37. The van der Waals surface area contributed by atoms with Crippen molar-refractivity contribution in [2.45, 2.75) is 6.42 Å². The Morgan fingerprint density at radius 2 is 1.94 bits per heavy atom. The van der Waals surface area contributed by atoms with E-state index in [0.717, 1.165) is 17.4 Å². The van der Waals surface area contributed by atoms with Crippen molar-refractivity contribution in [1.82, 2.24) is 5.32 Å². The van der Waals surface area contributed by atoms with Crippen molar-refractivity contribution < 1.29 is 14.4 Å². The highest BCUT2D eigenvalue weighted by Gasteiger charge is 2.10. The monoisotopic (exact) mass is 237 g/mol. The fraction of sp³-hybridized carbons (Fsp3) is 0.462. The van der Waals surface area contributed by atoms with Gasteiger partial charge in [-0.2, -0.15) is 0 Å². The molecule has 0 aliphatic rings. The molecule has 4 nitrogen and oxygen atoms in total. The zero-order valence-electron chi connectivity index (χ0n) is 10.7. The van der Waals surface area contributed by atoms with E-state index in [9.17, 15) is 9.90 Å². The Balaban J connectivity index is 2.39. The second-order valence-electron chi connectivity index (χ2n) is 5.14. The van der Waals surface area contributed by atoms with Crippen LogP contribution in [-0.2, 0) is 0 Å². The number of phenolic OH excluding ortho intramolecular Hbond substituents is 1. The number of para-hydroxylation sites is 1. The lowest BCUT2D eigenvalue weighted by atomic mass is 10.2. The molecule has 2 N–H and O–H groups in total. The standard InChI is InChI=1S/C13H20N2O2/c1-15(2,3)10-6-9-14-13(17)11-7-4-5-8-12(11)16/h4-5,7-8H,6,9-10H2,1-3H3,(H-,14,16,17)/p+1. The predicted molar refractivity (Wildman–Crippen MR) is 68.0 cm³/mol. The van der Waals surface area contributed by atoms with Crippen molar-refractivity contribution >= 4 is 5.91 Å². The second kappa shape index (κ2) is 5.68. The average Bonchev–Trinajstić information content (AvgIpc) is 2.23. The maximum Gasteiger partial charge on any atom is 0.255 e. The van der Waals surface area contributed by atoms with Gasteiger partial charge in [0.2, 0.25) is 0 Å². The van der Waals surface area contributed by atoms with Gasteiger partial charge in [-0.3, -0.25) is 4.79 Å². The Morgan fingerprint density at radius 1 is 1.29 bits per heavy atom. The van der Waals surface area contributed by atoms with Crippen molar-refractivity contribution in [1.29, 1.82) is 0 Å². The zero-order valence-corrected chi connectivity index (χ0v) is 10.7. The summed E-state index contributed by atoms with van der Waals surface area (Å²) in [6.07, 6.45) is 0.919. The molecule has 0 radical (unpaired) electrons. The molecule has 0 aromatic heterocycles. The first-order valence-corrected chi connectivity index (χ1v) is 5.77. The normalized spacial score (nSPS) is 11.2. The highest BCUT2D eigenvalue weighted by atomic mass is 16.3. The first-order chi connectivity index (χ1) is 7.90. The van der Waals surface area contributed by atoms with Crippen LogP contribution in [0.1, 0.15) is 16.8 Å². The Kier molecular flexibility index (Phi) is 4.52. The fourth-order valence-electron chi connectivity index (χ4n) is 1.52. The minimum Gasteiger partial charge on any atom is -0.507 e. The minimum atomic E-state index is -0.218. The van der Waals surface area contributed by atoms with Gasteiger partial charge in [0, 0.05) is 13.0 Å². The van der Waals surface area contributed by atoms with Crippen LogP contribution in [0.2, 0.25) is 0 Å². The van der Waals surface area contributed by atoms with E-state index in [1.54, 1.807) is 18.2 Å². The molecule has 0 aliphatic carbocycles. The molecule has 1 aromatic carbocycles. The van der Waals surface area contributed by atoms with Crippen LogP contribution >= 0.6 is 0 Å². The van der Waals surface area contributed by atoms with E-state index in [1.807, 2.05) is 0 Å². The number of quaternary nitrogens is 1. The smallest absolute Gasteiger partial charge is 0.255 e. The molecule has 1 amide bonds. The lowest BCUT2D eigenvalue weighted by Gasteiger charge is -2.23. The Labute approximate surface area is 102 Å².